The number of carbonyl (C=O) groups is 1. The summed E-state index contributed by atoms with van der Waals surface area (Å²) in [5.74, 6) is -1.50. The first-order valence-electron chi connectivity index (χ1n) is 3.87. The van der Waals surface area contributed by atoms with Crippen molar-refractivity contribution in [2.24, 2.45) is 0 Å². The number of rotatable bonds is 1. The minimum atomic E-state index is -2.14. The summed E-state index contributed by atoms with van der Waals surface area (Å²) >= 11 is 0. The molecule has 0 aliphatic heterocycles. The lowest BCUT2D eigenvalue weighted by Gasteiger charge is -2.37. The number of hydrogen-bond donors (Lipinski definition) is 6. The van der Waals surface area contributed by atoms with Crippen LogP contribution in [0.15, 0.2) is 0 Å². The molecule has 7 nitrogen and oxygen atoms in total. The highest BCUT2D eigenvalue weighted by molar-refractivity contribution is 5.77. The second-order valence-electron chi connectivity index (χ2n) is 3.37. The minimum Gasteiger partial charge on any atom is -0.479 e. The third-order valence-corrected chi connectivity index (χ3v) is 2.28. The van der Waals surface area contributed by atoms with E-state index in [0.717, 1.165) is 0 Å². The van der Waals surface area contributed by atoms with Gasteiger partial charge in [0.05, 0.1) is 12.2 Å². The van der Waals surface area contributed by atoms with Crippen LogP contribution >= 0.6 is 0 Å². The maximum atomic E-state index is 10.5. The Hall–Kier alpha value is -0.730. The summed E-state index contributed by atoms with van der Waals surface area (Å²) in [5, 5.41) is 45.2. The van der Waals surface area contributed by atoms with E-state index in [0.29, 0.717) is 0 Å². The van der Waals surface area contributed by atoms with Gasteiger partial charge in [-0.05, 0) is 0 Å². The van der Waals surface area contributed by atoms with Crippen LogP contribution in [-0.4, -0.2) is 55.4 Å². The largest absolute Gasteiger partial charge is 0.479 e. The van der Waals surface area contributed by atoms with Gasteiger partial charge in [0.15, 0.2) is 5.60 Å². The first-order valence-corrected chi connectivity index (χ1v) is 3.87. The summed E-state index contributed by atoms with van der Waals surface area (Å²) in [4.78, 5) is 10.5. The summed E-state index contributed by atoms with van der Waals surface area (Å²) in [6, 6.07) is 0. The highest BCUT2D eigenvalue weighted by Gasteiger charge is 2.48. The van der Waals surface area contributed by atoms with Crippen molar-refractivity contribution in [3.8, 4) is 0 Å². The van der Waals surface area contributed by atoms with Crippen molar-refractivity contribution < 1.29 is 30.3 Å². The fourth-order valence-electron chi connectivity index (χ4n) is 1.45. The fourth-order valence-corrected chi connectivity index (χ4v) is 1.45. The SMILES string of the molecule is N.O=C(O)C1(O)C[C@@H](O)C(O)[C@H](O)C1. The number of carboxylic acids is 1. The van der Waals surface area contributed by atoms with Crippen molar-refractivity contribution in [3.63, 3.8) is 0 Å². The molecule has 0 aromatic carbocycles. The first kappa shape index (κ1) is 13.3. The summed E-state index contributed by atoms with van der Waals surface area (Å²) < 4.78 is 0. The molecule has 7 heteroatoms. The predicted octanol–water partition coefficient (Wildman–Crippen LogP) is -2.16. The molecule has 0 aromatic heterocycles. The summed E-state index contributed by atoms with van der Waals surface area (Å²) in [6.07, 6.45) is -5.16. The molecule has 8 N–H and O–H groups in total. The minimum absolute atomic E-state index is 0. The molecule has 14 heavy (non-hydrogen) atoms. The van der Waals surface area contributed by atoms with Gasteiger partial charge in [-0.15, -0.1) is 0 Å². The Kier molecular flexibility index (Phi) is 3.98. The molecular formula is C7H15NO6. The lowest BCUT2D eigenvalue weighted by Crippen LogP contribution is -2.56. The van der Waals surface area contributed by atoms with Crippen LogP contribution in [0.2, 0.25) is 0 Å². The molecule has 1 aliphatic carbocycles. The lowest BCUT2D eigenvalue weighted by molar-refractivity contribution is -0.187. The molecule has 0 bridgehead atoms. The van der Waals surface area contributed by atoms with Crippen LogP contribution in [0.1, 0.15) is 12.8 Å². The summed E-state index contributed by atoms with van der Waals surface area (Å²) in [5.41, 5.74) is -2.14. The van der Waals surface area contributed by atoms with E-state index in [9.17, 15) is 9.90 Å². The zero-order valence-corrected chi connectivity index (χ0v) is 7.50. The van der Waals surface area contributed by atoms with Crippen LogP contribution in [0.3, 0.4) is 0 Å². The quantitative estimate of drug-likeness (QED) is 0.287. The maximum Gasteiger partial charge on any atom is 0.335 e. The molecule has 0 unspecified atom stereocenters. The van der Waals surface area contributed by atoms with Crippen molar-refractivity contribution in [2.45, 2.75) is 36.8 Å². The molecule has 0 saturated heterocycles. The van der Waals surface area contributed by atoms with Gasteiger partial charge in [0.1, 0.15) is 6.10 Å². The van der Waals surface area contributed by atoms with E-state index in [1.165, 1.54) is 0 Å². The molecule has 1 aliphatic rings. The Morgan fingerprint density at radius 1 is 1.14 bits per heavy atom. The number of aliphatic hydroxyl groups excluding tert-OH is 3. The standard InChI is InChI=1S/C7H12O6.H3N/c8-3-1-7(13,6(11)12)2-4(9)5(3)10;/h3-5,8-10,13H,1-2H2,(H,11,12);1H3/t3-,4-,5?,7?;/m1./s1. The van der Waals surface area contributed by atoms with E-state index in [2.05, 4.69) is 0 Å². The van der Waals surface area contributed by atoms with E-state index in [4.69, 9.17) is 20.4 Å². The van der Waals surface area contributed by atoms with Crippen molar-refractivity contribution in [3.05, 3.63) is 0 Å². The third kappa shape index (κ3) is 2.20. The van der Waals surface area contributed by atoms with Crippen LogP contribution in [-0.2, 0) is 4.79 Å². The number of aliphatic carboxylic acids is 1. The monoisotopic (exact) mass is 209 g/mol. The van der Waals surface area contributed by atoms with Crippen molar-refractivity contribution in [2.75, 3.05) is 0 Å². The highest BCUT2D eigenvalue weighted by Crippen LogP contribution is 2.29. The second kappa shape index (κ2) is 4.20. The molecule has 0 heterocycles. The molecule has 0 radical (unpaired) electrons. The fraction of sp³-hybridized carbons (Fsp3) is 0.857. The van der Waals surface area contributed by atoms with Gasteiger partial charge < -0.3 is 31.7 Å². The number of carboxylic acid groups (broad SMARTS) is 1. The number of aliphatic hydroxyl groups is 4. The topological polar surface area (TPSA) is 153 Å². The Morgan fingerprint density at radius 3 is 1.79 bits per heavy atom. The Balaban J connectivity index is 0.00000169. The zero-order chi connectivity index (χ0) is 10.2. The smallest absolute Gasteiger partial charge is 0.335 e. The van der Waals surface area contributed by atoms with E-state index < -0.39 is 42.7 Å². The molecular weight excluding hydrogens is 194 g/mol. The predicted molar refractivity (Wildman–Crippen MR) is 44.9 cm³/mol. The van der Waals surface area contributed by atoms with Gasteiger partial charge in [0, 0.05) is 12.8 Å². The van der Waals surface area contributed by atoms with E-state index in [1.54, 1.807) is 0 Å². The molecule has 2 atom stereocenters. The van der Waals surface area contributed by atoms with Crippen molar-refractivity contribution in [1.29, 1.82) is 0 Å². The van der Waals surface area contributed by atoms with Crippen LogP contribution in [0.5, 0.6) is 0 Å². The van der Waals surface area contributed by atoms with Crippen LogP contribution in [0.25, 0.3) is 0 Å². The molecule has 1 fully saturated rings. The van der Waals surface area contributed by atoms with Gasteiger partial charge in [0.2, 0.25) is 0 Å². The van der Waals surface area contributed by atoms with Gasteiger partial charge >= 0.3 is 5.97 Å². The van der Waals surface area contributed by atoms with E-state index in [1.807, 2.05) is 0 Å². The van der Waals surface area contributed by atoms with E-state index >= 15 is 0 Å². The Morgan fingerprint density at radius 2 is 1.50 bits per heavy atom. The average molecular weight is 209 g/mol. The van der Waals surface area contributed by atoms with Gasteiger partial charge in [-0.3, -0.25) is 0 Å². The average Bonchev–Trinajstić information content (AvgIpc) is 2.00. The molecule has 1 rings (SSSR count). The van der Waals surface area contributed by atoms with Crippen molar-refractivity contribution >= 4 is 5.97 Å². The molecule has 0 spiro atoms. The van der Waals surface area contributed by atoms with Crippen molar-refractivity contribution in [1.82, 2.24) is 6.15 Å². The maximum absolute atomic E-state index is 10.5. The first-order chi connectivity index (χ1) is 5.87. The Bertz CT molecular complexity index is 208. The van der Waals surface area contributed by atoms with Gasteiger partial charge in [-0.1, -0.05) is 0 Å². The highest BCUT2D eigenvalue weighted by atomic mass is 16.4. The van der Waals surface area contributed by atoms with Crippen LogP contribution in [0.4, 0.5) is 0 Å². The van der Waals surface area contributed by atoms with Gasteiger partial charge in [-0.25, -0.2) is 4.79 Å². The summed E-state index contributed by atoms with van der Waals surface area (Å²) in [7, 11) is 0. The normalized spacial score (nSPS) is 42.7. The van der Waals surface area contributed by atoms with E-state index in [-0.39, 0.29) is 6.15 Å². The molecule has 84 valence electrons. The third-order valence-electron chi connectivity index (χ3n) is 2.28. The number of hydrogen-bond acceptors (Lipinski definition) is 6. The van der Waals surface area contributed by atoms with Crippen LogP contribution < -0.4 is 6.15 Å². The molecule has 1 saturated carbocycles. The molecule has 0 aromatic rings. The lowest BCUT2D eigenvalue weighted by atomic mass is 9.80. The molecule has 0 amide bonds. The van der Waals surface area contributed by atoms with Gasteiger partial charge in [-0.2, -0.15) is 0 Å². The van der Waals surface area contributed by atoms with Gasteiger partial charge in [0.25, 0.3) is 0 Å². The summed E-state index contributed by atoms with van der Waals surface area (Å²) in [6.45, 7) is 0. The Labute approximate surface area is 80.2 Å². The zero-order valence-electron chi connectivity index (χ0n) is 7.50. The second-order valence-corrected chi connectivity index (χ2v) is 3.37. The van der Waals surface area contributed by atoms with Crippen LogP contribution in [0, 0.1) is 0 Å².